The maximum Gasteiger partial charge on any atom is 0.418 e. The number of carbonyl (C=O) groups excluding carboxylic acids is 3. The Morgan fingerprint density at radius 2 is 1.84 bits per heavy atom. The minimum absolute atomic E-state index is 0.0580. The molecule has 31 heavy (non-hydrogen) atoms. The summed E-state index contributed by atoms with van der Waals surface area (Å²) < 4.78 is 5.65. The molecular formula is C25H26N2O4. The average Bonchev–Trinajstić information content (AvgIpc) is 3.54. The van der Waals surface area contributed by atoms with Crippen molar-refractivity contribution in [1.82, 2.24) is 9.80 Å². The Morgan fingerprint density at radius 1 is 1.13 bits per heavy atom. The summed E-state index contributed by atoms with van der Waals surface area (Å²) in [6.07, 6.45) is 2.58. The number of carbonyl (C=O) groups is 3. The normalized spacial score (nSPS) is 23.1. The van der Waals surface area contributed by atoms with Crippen LogP contribution in [0.5, 0.6) is 0 Å². The van der Waals surface area contributed by atoms with Gasteiger partial charge in [-0.2, -0.15) is 0 Å². The van der Waals surface area contributed by atoms with Crippen molar-refractivity contribution in [1.29, 1.82) is 0 Å². The van der Waals surface area contributed by atoms with E-state index in [0.29, 0.717) is 25.3 Å². The van der Waals surface area contributed by atoms with E-state index in [1.165, 1.54) is 0 Å². The first-order valence-corrected chi connectivity index (χ1v) is 11.0. The molecule has 2 unspecified atom stereocenters. The maximum absolute atomic E-state index is 13.3. The molecule has 0 aromatic heterocycles. The first-order valence-electron chi connectivity index (χ1n) is 11.0. The second kappa shape index (κ2) is 7.52. The standard InChI is InChI=1S/C25H26N2O4/c1-17(19-11-12-19)26(15-18-7-3-2-4-8-18)22(28)16-27-23(29)25(31-24(27)30)14-13-20-9-5-6-10-21(20)25/h2-10,17,19H,11-16H2,1H3. The summed E-state index contributed by atoms with van der Waals surface area (Å²) in [4.78, 5) is 42.2. The zero-order valence-electron chi connectivity index (χ0n) is 17.6. The highest BCUT2D eigenvalue weighted by Crippen LogP contribution is 2.45. The van der Waals surface area contributed by atoms with Crippen LogP contribution in [0.25, 0.3) is 0 Å². The molecule has 0 N–H and O–H groups in total. The van der Waals surface area contributed by atoms with Crippen LogP contribution >= 0.6 is 0 Å². The van der Waals surface area contributed by atoms with E-state index >= 15 is 0 Å². The van der Waals surface area contributed by atoms with E-state index in [2.05, 4.69) is 6.92 Å². The summed E-state index contributed by atoms with van der Waals surface area (Å²) in [7, 11) is 0. The Kier molecular flexibility index (Phi) is 4.80. The zero-order chi connectivity index (χ0) is 21.6. The molecule has 6 heteroatoms. The minimum atomic E-state index is -1.28. The molecule has 2 aliphatic carbocycles. The van der Waals surface area contributed by atoms with Crippen LogP contribution in [0.15, 0.2) is 54.6 Å². The second-order valence-corrected chi connectivity index (χ2v) is 8.83. The van der Waals surface area contributed by atoms with Gasteiger partial charge in [0.25, 0.3) is 5.91 Å². The zero-order valence-corrected chi connectivity index (χ0v) is 17.6. The Hall–Kier alpha value is -3.15. The van der Waals surface area contributed by atoms with Crippen LogP contribution in [0.3, 0.4) is 0 Å². The minimum Gasteiger partial charge on any atom is -0.427 e. The van der Waals surface area contributed by atoms with Crippen LogP contribution < -0.4 is 0 Å². The summed E-state index contributed by atoms with van der Waals surface area (Å²) >= 11 is 0. The molecule has 1 saturated carbocycles. The molecule has 3 amide bonds. The smallest absolute Gasteiger partial charge is 0.418 e. The third kappa shape index (κ3) is 3.40. The van der Waals surface area contributed by atoms with Gasteiger partial charge in [-0.25, -0.2) is 9.69 Å². The SMILES string of the molecule is CC(C1CC1)N(Cc1ccccc1)C(=O)CN1C(=O)OC2(CCc3ccccc32)C1=O. The molecule has 5 rings (SSSR count). The number of fused-ring (bicyclic) bond motifs is 2. The highest BCUT2D eigenvalue weighted by molar-refractivity contribution is 6.06. The summed E-state index contributed by atoms with van der Waals surface area (Å²) in [6, 6.07) is 17.4. The molecular weight excluding hydrogens is 392 g/mol. The van der Waals surface area contributed by atoms with Gasteiger partial charge in [0.05, 0.1) is 0 Å². The van der Waals surface area contributed by atoms with Crippen LogP contribution in [0, 0.1) is 5.92 Å². The van der Waals surface area contributed by atoms with Crippen LogP contribution in [-0.4, -0.2) is 40.3 Å². The second-order valence-electron chi connectivity index (χ2n) is 8.83. The Balaban J connectivity index is 1.37. The molecule has 1 heterocycles. The van der Waals surface area contributed by atoms with Crippen molar-refractivity contribution < 1.29 is 19.1 Å². The highest BCUT2D eigenvalue weighted by atomic mass is 16.6. The Morgan fingerprint density at radius 3 is 2.58 bits per heavy atom. The Labute approximate surface area is 181 Å². The molecule has 0 radical (unpaired) electrons. The van der Waals surface area contributed by atoms with Gasteiger partial charge < -0.3 is 9.64 Å². The topological polar surface area (TPSA) is 66.9 Å². The van der Waals surface area contributed by atoms with Gasteiger partial charge in [0.15, 0.2) is 0 Å². The van der Waals surface area contributed by atoms with E-state index in [4.69, 9.17) is 4.74 Å². The molecule has 2 aromatic rings. The number of hydrogen-bond donors (Lipinski definition) is 0. The number of amides is 3. The third-order valence-electron chi connectivity index (χ3n) is 6.88. The quantitative estimate of drug-likeness (QED) is 0.719. The summed E-state index contributed by atoms with van der Waals surface area (Å²) in [5.74, 6) is -0.173. The largest absolute Gasteiger partial charge is 0.427 e. The fourth-order valence-corrected chi connectivity index (χ4v) is 4.89. The van der Waals surface area contributed by atoms with E-state index in [1.807, 2.05) is 54.6 Å². The van der Waals surface area contributed by atoms with Gasteiger partial charge in [0.1, 0.15) is 6.54 Å². The van der Waals surface area contributed by atoms with Gasteiger partial charge in [-0.05, 0) is 43.2 Å². The van der Waals surface area contributed by atoms with E-state index in [-0.39, 0.29) is 18.5 Å². The first-order chi connectivity index (χ1) is 15.0. The number of nitrogens with zero attached hydrogens (tertiary/aromatic N) is 2. The van der Waals surface area contributed by atoms with Crippen molar-refractivity contribution >= 4 is 17.9 Å². The van der Waals surface area contributed by atoms with Gasteiger partial charge in [-0.3, -0.25) is 9.59 Å². The van der Waals surface area contributed by atoms with Gasteiger partial charge >= 0.3 is 6.09 Å². The third-order valence-corrected chi connectivity index (χ3v) is 6.88. The number of benzene rings is 2. The van der Waals surface area contributed by atoms with Crippen LogP contribution in [0.2, 0.25) is 0 Å². The predicted molar refractivity (Wildman–Crippen MR) is 114 cm³/mol. The predicted octanol–water partition coefficient (Wildman–Crippen LogP) is 3.63. The molecule has 2 aromatic carbocycles. The van der Waals surface area contributed by atoms with E-state index in [0.717, 1.165) is 34.4 Å². The first kappa shape index (κ1) is 19.8. The number of ether oxygens (including phenoxy) is 1. The van der Waals surface area contributed by atoms with Crippen molar-refractivity contribution in [3.63, 3.8) is 0 Å². The lowest BCUT2D eigenvalue weighted by atomic mass is 9.95. The molecule has 0 bridgehead atoms. The van der Waals surface area contributed by atoms with Crippen LogP contribution in [0.1, 0.15) is 42.9 Å². The van der Waals surface area contributed by atoms with Crippen molar-refractivity contribution in [3.05, 3.63) is 71.3 Å². The Bertz CT molecular complexity index is 1030. The van der Waals surface area contributed by atoms with Crippen molar-refractivity contribution in [3.8, 4) is 0 Å². The monoisotopic (exact) mass is 418 g/mol. The molecule has 3 aliphatic rings. The molecule has 1 aliphatic heterocycles. The molecule has 1 saturated heterocycles. The van der Waals surface area contributed by atoms with Gasteiger partial charge in [0, 0.05) is 24.6 Å². The fourth-order valence-electron chi connectivity index (χ4n) is 4.89. The summed E-state index contributed by atoms with van der Waals surface area (Å²) in [5.41, 5.74) is 1.51. The highest BCUT2D eigenvalue weighted by Gasteiger charge is 2.58. The molecule has 1 spiro atoms. The van der Waals surface area contributed by atoms with Crippen LogP contribution in [0.4, 0.5) is 4.79 Å². The molecule has 2 atom stereocenters. The average molecular weight is 418 g/mol. The molecule has 2 fully saturated rings. The van der Waals surface area contributed by atoms with E-state index < -0.39 is 17.6 Å². The van der Waals surface area contributed by atoms with Crippen LogP contribution in [-0.2, 0) is 32.9 Å². The van der Waals surface area contributed by atoms with Gasteiger partial charge in [-0.15, -0.1) is 0 Å². The number of imide groups is 1. The summed E-state index contributed by atoms with van der Waals surface area (Å²) in [6.45, 7) is 2.23. The number of aryl methyl sites for hydroxylation is 1. The van der Waals surface area contributed by atoms with Crippen molar-refractivity contribution in [2.75, 3.05) is 6.54 Å². The lowest BCUT2D eigenvalue weighted by Crippen LogP contribution is -2.47. The summed E-state index contributed by atoms with van der Waals surface area (Å²) in [5, 5.41) is 0. The van der Waals surface area contributed by atoms with Gasteiger partial charge in [0.2, 0.25) is 11.5 Å². The number of rotatable bonds is 6. The fraction of sp³-hybridized carbons (Fsp3) is 0.400. The van der Waals surface area contributed by atoms with Crippen molar-refractivity contribution in [2.45, 2.75) is 50.8 Å². The van der Waals surface area contributed by atoms with Gasteiger partial charge in [-0.1, -0.05) is 54.6 Å². The van der Waals surface area contributed by atoms with E-state index in [1.54, 1.807) is 4.90 Å². The maximum atomic E-state index is 13.3. The van der Waals surface area contributed by atoms with E-state index in [9.17, 15) is 14.4 Å². The molecule has 6 nitrogen and oxygen atoms in total. The molecule has 160 valence electrons. The number of hydrogen-bond acceptors (Lipinski definition) is 4. The van der Waals surface area contributed by atoms with Crippen molar-refractivity contribution in [2.24, 2.45) is 5.92 Å². The lowest BCUT2D eigenvalue weighted by molar-refractivity contribution is -0.143. The lowest BCUT2D eigenvalue weighted by Gasteiger charge is -2.30.